The summed E-state index contributed by atoms with van der Waals surface area (Å²) >= 11 is 0. The molecule has 3 aromatic heterocycles. The van der Waals surface area contributed by atoms with E-state index in [2.05, 4.69) is 99.9 Å². The number of H-pyrrole nitrogens is 2. The maximum absolute atomic E-state index is 13.2. The van der Waals surface area contributed by atoms with E-state index in [0.717, 1.165) is 78.0 Å². The lowest BCUT2D eigenvalue weighted by atomic mass is 10.0. The summed E-state index contributed by atoms with van der Waals surface area (Å²) < 4.78 is 67.6. The number of aromatic amines is 2. The van der Waals surface area contributed by atoms with E-state index in [1.165, 1.54) is 24.3 Å². The number of nitrogens with one attached hydrogen (secondary N) is 2. The Hall–Kier alpha value is -6.98. The van der Waals surface area contributed by atoms with Crippen LogP contribution in [0.2, 0.25) is 0 Å². The monoisotopic (exact) mass is 804 g/mol. The molecule has 7 aromatic rings. The minimum absolute atomic E-state index is 0.476. The summed E-state index contributed by atoms with van der Waals surface area (Å²) in [5.74, 6) is -0.476. The van der Waals surface area contributed by atoms with E-state index < -0.39 is 21.4 Å². The second-order valence-electron chi connectivity index (χ2n) is 14.6. The van der Waals surface area contributed by atoms with Crippen molar-refractivity contribution in [3.05, 3.63) is 161 Å². The molecule has 9 rings (SSSR count). The Morgan fingerprint density at radius 3 is 0.983 bits per heavy atom. The molecule has 2 aliphatic heterocycles. The molecule has 0 amide bonds. The molecular weight excluding hydrogens is 770 g/mol. The zero-order valence-electron chi connectivity index (χ0n) is 32.0. The summed E-state index contributed by atoms with van der Waals surface area (Å²) in [5.41, 5.74) is 10.4. The van der Waals surface area contributed by atoms with E-state index in [9.17, 15) is 21.6 Å². The van der Waals surface area contributed by atoms with Crippen molar-refractivity contribution in [2.45, 2.75) is 26.3 Å². The lowest BCUT2D eigenvalue weighted by Crippen LogP contribution is -2.28. The van der Waals surface area contributed by atoms with Crippen LogP contribution in [0.4, 0.5) is 13.2 Å². The van der Waals surface area contributed by atoms with Gasteiger partial charge >= 0.3 is 15.6 Å². The number of rotatable bonds is 6. The van der Waals surface area contributed by atoms with Crippen LogP contribution < -0.4 is 4.18 Å². The number of fused-ring (bicyclic) bond motifs is 8. The molecule has 8 bridgehead atoms. The van der Waals surface area contributed by atoms with Gasteiger partial charge in [0, 0.05) is 44.3 Å². The quantitative estimate of drug-likeness (QED) is 0.129. The van der Waals surface area contributed by atoms with Crippen LogP contribution in [-0.4, -0.2) is 33.9 Å². The second-order valence-corrected chi connectivity index (χ2v) is 16.1. The van der Waals surface area contributed by atoms with Gasteiger partial charge in [-0.05, 0) is 104 Å². The molecule has 0 aliphatic carbocycles. The Balaban J connectivity index is 1.39. The third kappa shape index (κ3) is 7.14. The Kier molecular flexibility index (Phi) is 9.20. The Bertz CT molecular complexity index is 3080. The number of halogens is 3. The van der Waals surface area contributed by atoms with E-state index in [0.29, 0.717) is 28.0 Å². The summed E-state index contributed by atoms with van der Waals surface area (Å²) in [4.78, 5) is 17.9. The zero-order chi connectivity index (χ0) is 41.1. The third-order valence-corrected chi connectivity index (χ3v) is 11.4. The van der Waals surface area contributed by atoms with Gasteiger partial charge in [-0.25, -0.2) is 9.97 Å². The molecule has 4 aromatic carbocycles. The van der Waals surface area contributed by atoms with Crippen LogP contribution in [0.3, 0.4) is 0 Å². The van der Waals surface area contributed by atoms with Crippen LogP contribution in [-0.2, 0) is 10.1 Å². The van der Waals surface area contributed by atoms with Crippen LogP contribution in [0.5, 0.6) is 5.75 Å². The van der Waals surface area contributed by atoms with Gasteiger partial charge in [0.05, 0.1) is 22.8 Å². The Morgan fingerprint density at radius 2 is 0.712 bits per heavy atom. The summed E-state index contributed by atoms with van der Waals surface area (Å²) in [6.45, 7) is 6.13. The number of aromatic nitrogens is 4. The van der Waals surface area contributed by atoms with E-state index in [1.54, 1.807) is 0 Å². The molecule has 7 nitrogen and oxygen atoms in total. The number of hydrogen-bond donors (Lipinski definition) is 2. The molecule has 0 unspecified atom stereocenters. The highest BCUT2D eigenvalue weighted by atomic mass is 32.2. The maximum Gasteiger partial charge on any atom is 0.534 e. The van der Waals surface area contributed by atoms with E-state index in [1.807, 2.05) is 56.4 Å². The van der Waals surface area contributed by atoms with Crippen molar-refractivity contribution in [2.75, 3.05) is 0 Å². The zero-order valence-corrected chi connectivity index (χ0v) is 32.8. The molecule has 0 fully saturated rings. The number of alkyl halides is 3. The molecule has 2 N–H and O–H groups in total. The minimum Gasteiger partial charge on any atom is -0.376 e. The van der Waals surface area contributed by atoms with Gasteiger partial charge in [-0.1, -0.05) is 102 Å². The third-order valence-electron chi connectivity index (χ3n) is 10.4. The van der Waals surface area contributed by atoms with Gasteiger partial charge in [0.2, 0.25) is 0 Å². The lowest BCUT2D eigenvalue weighted by Gasteiger charge is -2.10. The minimum atomic E-state index is -5.86. The predicted molar refractivity (Wildman–Crippen MR) is 230 cm³/mol. The van der Waals surface area contributed by atoms with Crippen molar-refractivity contribution >= 4 is 56.5 Å². The van der Waals surface area contributed by atoms with Crippen LogP contribution in [0.25, 0.3) is 90.9 Å². The molecule has 2 aliphatic rings. The van der Waals surface area contributed by atoms with Gasteiger partial charge in [0.15, 0.2) is 0 Å². The number of hydrogen-bond acceptors (Lipinski definition) is 5. The first-order valence-corrected chi connectivity index (χ1v) is 20.2. The number of benzene rings is 4. The fourth-order valence-corrected chi connectivity index (χ4v) is 7.89. The van der Waals surface area contributed by atoms with E-state index in [4.69, 9.17) is 9.97 Å². The Morgan fingerprint density at radius 1 is 0.441 bits per heavy atom. The fraction of sp³-hybridized carbons (Fsp3) is 0.0833. The summed E-state index contributed by atoms with van der Waals surface area (Å²) in [5, 5.41) is 0. The average Bonchev–Trinajstić information content (AvgIpc) is 4.05. The van der Waals surface area contributed by atoms with Gasteiger partial charge < -0.3 is 14.2 Å². The van der Waals surface area contributed by atoms with E-state index in [-0.39, 0.29) is 0 Å². The normalized spacial score (nSPS) is 12.6. The SMILES string of the molecule is Cc1ccc(-c2c3nc(c(-c4ccc(C)cc4)c4ccc([nH]4)c(-c4ccc(OS(=O)(=O)C(F)(F)F)cc4)c4nc(c(-c5ccc(C)cc5)c5ccc2[nH]5)C=C4)C=C3)cc1. The van der Waals surface area contributed by atoms with Crippen LogP contribution in [0, 0.1) is 20.8 Å². The van der Waals surface area contributed by atoms with Gasteiger partial charge in [-0.3, -0.25) is 0 Å². The smallest absolute Gasteiger partial charge is 0.376 e. The Labute approximate surface area is 338 Å². The van der Waals surface area contributed by atoms with Crippen molar-refractivity contribution in [2.24, 2.45) is 0 Å². The standard InChI is InChI=1S/C48H35F3N4O3S/c1-28-4-10-31(11-5-28)44-36-20-22-38(52-36)45(32-12-6-29(2)7-13-32)40-24-26-42(54-40)47(34-16-18-35(19-17-34)58-59(56,57)48(49,50)51)43-27-25-41(55-43)46(39-23-21-37(44)53-39)33-14-8-30(3)9-15-33/h4-27,52,55H,1-3H3. The summed E-state index contributed by atoms with van der Waals surface area (Å²) in [6, 6.07) is 38.3. The molecule has 0 atom stereocenters. The molecule has 0 radical (unpaired) electrons. The molecule has 0 saturated carbocycles. The first kappa shape index (κ1) is 37.6. The van der Waals surface area contributed by atoms with Crippen molar-refractivity contribution < 1.29 is 25.8 Å². The molecule has 5 heterocycles. The van der Waals surface area contributed by atoms with Gasteiger partial charge in [-0.15, -0.1) is 0 Å². The number of nitrogens with zero attached hydrogens (tertiary/aromatic N) is 2. The maximum atomic E-state index is 13.2. The largest absolute Gasteiger partial charge is 0.534 e. The van der Waals surface area contributed by atoms with Crippen molar-refractivity contribution in [3.8, 4) is 50.3 Å². The second kappa shape index (κ2) is 14.4. The molecule has 59 heavy (non-hydrogen) atoms. The predicted octanol–water partition coefficient (Wildman–Crippen LogP) is 12.5. The van der Waals surface area contributed by atoms with E-state index >= 15 is 0 Å². The highest BCUT2D eigenvalue weighted by Gasteiger charge is 2.48. The highest BCUT2D eigenvalue weighted by molar-refractivity contribution is 7.88. The summed E-state index contributed by atoms with van der Waals surface area (Å²) in [6.07, 6.45) is 7.91. The van der Waals surface area contributed by atoms with Crippen molar-refractivity contribution in [3.63, 3.8) is 0 Å². The molecular formula is C48H35F3N4O3S. The molecule has 292 valence electrons. The first-order valence-electron chi connectivity index (χ1n) is 18.8. The highest BCUT2D eigenvalue weighted by Crippen LogP contribution is 2.39. The van der Waals surface area contributed by atoms with Gasteiger partial charge in [0.1, 0.15) is 5.75 Å². The van der Waals surface area contributed by atoms with Crippen LogP contribution in [0.15, 0.2) is 121 Å². The van der Waals surface area contributed by atoms with Gasteiger partial charge in [-0.2, -0.15) is 21.6 Å². The molecule has 0 spiro atoms. The van der Waals surface area contributed by atoms with Crippen LogP contribution >= 0.6 is 0 Å². The van der Waals surface area contributed by atoms with Gasteiger partial charge in [0.25, 0.3) is 0 Å². The number of aryl methyl sites for hydroxylation is 3. The summed E-state index contributed by atoms with van der Waals surface area (Å²) in [7, 11) is -5.86. The molecule has 0 saturated heterocycles. The van der Waals surface area contributed by atoms with Crippen molar-refractivity contribution in [1.29, 1.82) is 0 Å². The fourth-order valence-electron chi connectivity index (χ4n) is 7.43. The first-order chi connectivity index (χ1) is 28.3. The molecule has 11 heteroatoms. The average molecular weight is 805 g/mol. The van der Waals surface area contributed by atoms with Crippen molar-refractivity contribution in [1.82, 2.24) is 19.9 Å². The lowest BCUT2D eigenvalue weighted by molar-refractivity contribution is -0.0500. The van der Waals surface area contributed by atoms with Crippen LogP contribution in [0.1, 0.15) is 39.5 Å². The topological polar surface area (TPSA) is 101 Å².